The third kappa shape index (κ3) is 8.99. The number of rotatable bonds is 9. The third-order valence-electron chi connectivity index (χ3n) is 20.3. The lowest BCUT2D eigenvalue weighted by atomic mass is 9.92. The summed E-state index contributed by atoms with van der Waals surface area (Å²) in [5.41, 5.74) is 24.6. The summed E-state index contributed by atoms with van der Waals surface area (Å²) in [5.74, 6) is 1.22. The van der Waals surface area contributed by atoms with Gasteiger partial charge in [-0.25, -0.2) is 19.9 Å². The van der Waals surface area contributed by atoms with Crippen molar-refractivity contribution >= 4 is 132 Å². The minimum absolute atomic E-state index is 0.589. The van der Waals surface area contributed by atoms with Gasteiger partial charge in [0.15, 0.2) is 11.6 Å². The van der Waals surface area contributed by atoms with Crippen molar-refractivity contribution in [1.82, 2.24) is 19.9 Å². The van der Waals surface area contributed by atoms with Gasteiger partial charge in [0.25, 0.3) is 0 Å². The average molecular weight is 1310 g/mol. The van der Waals surface area contributed by atoms with Gasteiger partial charge in [0, 0.05) is 122 Å². The second-order valence-corrected chi connectivity index (χ2v) is 26.3. The zero-order valence-electron chi connectivity index (χ0n) is 54.1. The van der Waals surface area contributed by atoms with Crippen molar-refractivity contribution in [2.75, 3.05) is 0 Å². The lowest BCUT2D eigenvalue weighted by Crippen LogP contribution is -1.96. The van der Waals surface area contributed by atoms with E-state index in [4.69, 9.17) is 46.4 Å². The largest absolute Gasteiger partial charge is 0.456 e. The smallest absolute Gasteiger partial charge is 0.160 e. The van der Waals surface area contributed by atoms with Gasteiger partial charge in [0.1, 0.15) is 67.0 Å². The maximum absolute atomic E-state index is 6.85. The SMILES string of the molecule is c1ccc(-c2ccc3oc4cc5oc6cc7oc8cc9oc%10cc(-c%11ccc(-c%12cc(-c%13ccccc%13)nc(-c%13ccc%14oc%15cc%16oc%17ccc(-c%18nc(-c%19ccccc%19)cc(-c%19ccccc%19)n%18)cc%17c%16cc%15c%14c%13)n%12)cc%11)c(-c%11ccccc%11)cc%10c9cc8c7cc6c5cc4c3c2)cc1. The van der Waals surface area contributed by atoms with E-state index in [9.17, 15) is 0 Å². The van der Waals surface area contributed by atoms with Crippen LogP contribution >= 0.6 is 0 Å². The average Bonchev–Trinajstić information content (AvgIpc) is 1.55. The van der Waals surface area contributed by atoms with Crippen LogP contribution in [0.15, 0.2) is 330 Å². The predicted octanol–water partition coefficient (Wildman–Crippen LogP) is 25.7. The van der Waals surface area contributed by atoms with E-state index in [-0.39, 0.29) is 0 Å². The van der Waals surface area contributed by atoms with Crippen LogP contribution in [0.25, 0.3) is 233 Å². The number of benzene rings is 14. The molecule has 0 fully saturated rings. The van der Waals surface area contributed by atoms with Crippen LogP contribution in [0.3, 0.4) is 0 Å². The summed E-state index contributed by atoms with van der Waals surface area (Å²) in [5, 5.41) is 11.9. The van der Waals surface area contributed by atoms with Gasteiger partial charge in [-0.05, 0) is 130 Å². The van der Waals surface area contributed by atoms with Crippen LogP contribution in [0.1, 0.15) is 0 Å². The number of fused-ring (bicyclic) bond motifs is 18. The number of aromatic nitrogens is 4. The second kappa shape index (κ2) is 21.8. The predicted molar refractivity (Wildman–Crippen MR) is 410 cm³/mol. The van der Waals surface area contributed by atoms with Crippen molar-refractivity contribution in [2.24, 2.45) is 0 Å². The molecule has 14 aromatic carbocycles. The van der Waals surface area contributed by atoms with Crippen LogP contribution in [0.5, 0.6) is 0 Å². The molecule has 474 valence electrons. The van der Waals surface area contributed by atoms with Gasteiger partial charge in [-0.2, -0.15) is 0 Å². The topological polar surface area (TPSA) is 130 Å². The Hall–Kier alpha value is -14.0. The highest BCUT2D eigenvalue weighted by atomic mass is 16.4. The summed E-state index contributed by atoms with van der Waals surface area (Å²) in [7, 11) is 0. The first kappa shape index (κ1) is 56.1. The molecule has 8 aromatic heterocycles. The van der Waals surface area contributed by atoms with Crippen molar-refractivity contribution < 1.29 is 26.5 Å². The summed E-state index contributed by atoms with van der Waals surface area (Å²) >= 11 is 0. The zero-order valence-corrected chi connectivity index (χ0v) is 54.1. The summed E-state index contributed by atoms with van der Waals surface area (Å²) in [6.45, 7) is 0. The van der Waals surface area contributed by atoms with Crippen LogP contribution in [-0.4, -0.2) is 19.9 Å². The fraction of sp³-hybridized carbons (Fsp3) is 0. The Bertz CT molecular complexity index is 7150. The lowest BCUT2D eigenvalue weighted by molar-refractivity contribution is 0.649. The summed E-state index contributed by atoms with van der Waals surface area (Å²) in [6.07, 6.45) is 0. The molecule has 102 heavy (non-hydrogen) atoms. The molecule has 22 aromatic rings. The van der Waals surface area contributed by atoms with Crippen molar-refractivity contribution in [3.63, 3.8) is 0 Å². The van der Waals surface area contributed by atoms with Crippen molar-refractivity contribution in [1.29, 1.82) is 0 Å². The van der Waals surface area contributed by atoms with Gasteiger partial charge in [-0.3, -0.25) is 0 Å². The molecule has 0 bridgehead atoms. The monoisotopic (exact) mass is 1310 g/mol. The van der Waals surface area contributed by atoms with E-state index in [0.29, 0.717) is 11.6 Å². The molecule has 10 heteroatoms. The van der Waals surface area contributed by atoms with Gasteiger partial charge < -0.3 is 26.5 Å². The van der Waals surface area contributed by atoms with Crippen LogP contribution in [0.4, 0.5) is 0 Å². The minimum Gasteiger partial charge on any atom is -0.456 e. The molecule has 22 rings (SSSR count). The Morgan fingerprint density at radius 1 is 0.147 bits per heavy atom. The third-order valence-corrected chi connectivity index (χ3v) is 20.3. The molecule has 0 atom stereocenters. The van der Waals surface area contributed by atoms with E-state index in [1.165, 1.54) is 0 Å². The van der Waals surface area contributed by atoms with E-state index in [1.807, 2.05) is 109 Å². The number of hydrogen-bond donors (Lipinski definition) is 0. The highest BCUT2D eigenvalue weighted by Crippen LogP contribution is 2.47. The fourth-order valence-electron chi connectivity index (χ4n) is 15.3. The molecule has 0 spiro atoms. The van der Waals surface area contributed by atoms with Crippen LogP contribution in [-0.2, 0) is 0 Å². The van der Waals surface area contributed by atoms with E-state index >= 15 is 0 Å². The van der Waals surface area contributed by atoms with Crippen LogP contribution in [0.2, 0.25) is 0 Å². The van der Waals surface area contributed by atoms with Gasteiger partial charge in [-0.1, -0.05) is 182 Å². The van der Waals surface area contributed by atoms with Gasteiger partial charge in [0.05, 0.1) is 22.8 Å². The first-order valence-corrected chi connectivity index (χ1v) is 34.0. The standard InChI is InChI=1S/C92H50N4O6/c1-6-16-51(17-7-1)58-30-33-79-63(36-58)67-41-71-73-43-74-72-42-70-66-39-61(52-18-8-2-9-19-52)62(44-82(66)100-86(70)49-88(72)102-90(74)50-89(73)101-87(71)48-85(67)97-79)53-26-28-57(29-27-53)78-46-77(56-24-14-5-15-25-56)95-92(96-78)60-32-35-81-65(38-60)69-40-68-64-37-59(31-34-80(64)98-83(68)47-84(69)99-81)91-93-75(54-20-10-3-11-21-54)45-76(94-91)55-22-12-4-13-23-55/h1-50H. The highest BCUT2D eigenvalue weighted by Gasteiger charge is 2.24. The maximum atomic E-state index is 6.85. The molecular formula is C92H50N4O6. The Morgan fingerprint density at radius 2 is 0.382 bits per heavy atom. The Kier molecular flexibility index (Phi) is 12.0. The van der Waals surface area contributed by atoms with E-state index in [2.05, 4.69) is 194 Å². The highest BCUT2D eigenvalue weighted by molar-refractivity contribution is 6.22. The summed E-state index contributed by atoms with van der Waals surface area (Å²) in [6, 6.07) is 105. The van der Waals surface area contributed by atoms with E-state index < -0.39 is 0 Å². The molecule has 0 unspecified atom stereocenters. The quantitative estimate of drug-likeness (QED) is 0.138. The molecule has 0 radical (unpaired) electrons. The number of nitrogens with zero attached hydrogens (tertiary/aromatic N) is 4. The van der Waals surface area contributed by atoms with Gasteiger partial charge in [0.2, 0.25) is 0 Å². The lowest BCUT2D eigenvalue weighted by Gasteiger charge is -2.13. The summed E-state index contributed by atoms with van der Waals surface area (Å²) < 4.78 is 39.6. The molecular weight excluding hydrogens is 1260 g/mol. The van der Waals surface area contributed by atoms with Crippen LogP contribution in [0, 0.1) is 0 Å². The minimum atomic E-state index is 0.589. The van der Waals surface area contributed by atoms with Crippen molar-refractivity contribution in [3.05, 3.63) is 303 Å². The fourth-order valence-corrected chi connectivity index (χ4v) is 15.3. The van der Waals surface area contributed by atoms with Crippen LogP contribution < -0.4 is 0 Å². The number of hydrogen-bond acceptors (Lipinski definition) is 10. The van der Waals surface area contributed by atoms with Crippen molar-refractivity contribution in [2.45, 2.75) is 0 Å². The molecule has 0 saturated heterocycles. The molecule has 0 amide bonds. The van der Waals surface area contributed by atoms with Crippen molar-refractivity contribution in [3.8, 4) is 101 Å². The zero-order chi connectivity index (χ0) is 66.7. The van der Waals surface area contributed by atoms with Gasteiger partial charge in [-0.15, -0.1) is 0 Å². The van der Waals surface area contributed by atoms with Gasteiger partial charge >= 0.3 is 0 Å². The maximum Gasteiger partial charge on any atom is 0.160 e. The second-order valence-electron chi connectivity index (χ2n) is 26.3. The molecule has 10 nitrogen and oxygen atoms in total. The summed E-state index contributed by atoms with van der Waals surface area (Å²) in [4.78, 5) is 20.9. The normalized spacial score (nSPS) is 12.1. The first-order valence-electron chi connectivity index (χ1n) is 34.0. The molecule has 8 heterocycles. The Morgan fingerprint density at radius 3 is 0.745 bits per heavy atom. The van der Waals surface area contributed by atoms with E-state index in [1.54, 1.807) is 0 Å². The Labute approximate surface area is 579 Å². The van der Waals surface area contributed by atoms with E-state index in [0.717, 1.165) is 221 Å². The molecule has 0 aliphatic carbocycles. The Balaban J connectivity index is 0.623. The molecule has 0 aliphatic rings. The molecule has 0 N–H and O–H groups in total. The molecule has 0 aliphatic heterocycles. The first-order chi connectivity index (χ1) is 50.4. The number of furan rings is 6. The molecule has 0 saturated carbocycles.